The summed E-state index contributed by atoms with van der Waals surface area (Å²) in [7, 11) is 0. The molecule has 0 spiro atoms. The maximum Gasteiger partial charge on any atom is 0.217 e. The number of hydrogen-bond acceptors (Lipinski definition) is 4. The largest absolute Gasteiger partial charge is 0.390 e. The smallest absolute Gasteiger partial charge is 0.217 e. The molecule has 7 heteroatoms. The van der Waals surface area contributed by atoms with Crippen LogP contribution in [-0.4, -0.2) is 47.3 Å². The maximum atomic E-state index is 13.7. The molecule has 1 aliphatic heterocycles. The van der Waals surface area contributed by atoms with Gasteiger partial charge in [-0.15, -0.1) is 0 Å². The number of halogens is 2. The molecule has 3 unspecified atom stereocenters. The Hall–Kier alpha value is -2.35. The SMILES string of the molecule is CC(=O)NC(Cc1cc(F)cc(F)c1)C(O)CN(Cc1cccc(CC(C)(C)C)c1)C1CCCN1. The summed E-state index contributed by atoms with van der Waals surface area (Å²) in [5.74, 6) is -1.66. The van der Waals surface area contributed by atoms with Crippen molar-refractivity contribution < 1.29 is 18.7 Å². The number of rotatable bonds is 10. The van der Waals surface area contributed by atoms with Gasteiger partial charge in [0.1, 0.15) is 11.6 Å². The number of nitrogens with one attached hydrogen (secondary N) is 2. The van der Waals surface area contributed by atoms with Gasteiger partial charge in [0.05, 0.1) is 18.3 Å². The lowest BCUT2D eigenvalue weighted by Crippen LogP contribution is -2.52. The normalized spacial score (nSPS) is 18.0. The van der Waals surface area contributed by atoms with Crippen LogP contribution in [-0.2, 0) is 24.2 Å². The van der Waals surface area contributed by atoms with Gasteiger partial charge in [-0.3, -0.25) is 9.69 Å². The van der Waals surface area contributed by atoms with E-state index < -0.39 is 23.8 Å². The average Bonchev–Trinajstić information content (AvgIpc) is 3.25. The zero-order chi connectivity index (χ0) is 25.6. The fourth-order valence-electron chi connectivity index (χ4n) is 4.86. The number of benzene rings is 2. The van der Waals surface area contributed by atoms with Gasteiger partial charge in [0.2, 0.25) is 5.91 Å². The van der Waals surface area contributed by atoms with Crippen LogP contribution in [0.5, 0.6) is 0 Å². The molecule has 1 saturated heterocycles. The lowest BCUT2D eigenvalue weighted by Gasteiger charge is -2.34. The van der Waals surface area contributed by atoms with E-state index in [1.165, 1.54) is 24.6 Å². The standard InChI is InChI=1S/C28H39F2N3O2/c1-19(34)32-25(14-22-12-23(29)15-24(30)13-22)26(35)18-33(27-9-6-10-31-27)17-21-8-5-7-20(11-21)16-28(2,3)4/h5,7-8,11-13,15,25-27,31,35H,6,9-10,14,16-18H2,1-4H3,(H,32,34). The molecule has 0 aliphatic carbocycles. The Labute approximate surface area is 207 Å². The van der Waals surface area contributed by atoms with Crippen molar-refractivity contribution in [2.75, 3.05) is 13.1 Å². The molecule has 35 heavy (non-hydrogen) atoms. The van der Waals surface area contributed by atoms with Crippen molar-refractivity contribution >= 4 is 5.91 Å². The molecule has 2 aromatic carbocycles. The summed E-state index contributed by atoms with van der Waals surface area (Å²) >= 11 is 0. The van der Waals surface area contributed by atoms with Crippen molar-refractivity contribution in [3.8, 4) is 0 Å². The molecular formula is C28H39F2N3O2. The van der Waals surface area contributed by atoms with E-state index in [0.717, 1.165) is 37.4 Å². The summed E-state index contributed by atoms with van der Waals surface area (Å²) in [4.78, 5) is 14.1. The summed E-state index contributed by atoms with van der Waals surface area (Å²) in [6, 6.07) is 11.2. The molecule has 0 saturated carbocycles. The molecule has 192 valence electrons. The molecule has 3 atom stereocenters. The number of carbonyl (C=O) groups is 1. The van der Waals surface area contributed by atoms with Gasteiger partial charge in [0.25, 0.3) is 0 Å². The third-order valence-electron chi connectivity index (χ3n) is 6.24. The van der Waals surface area contributed by atoms with E-state index in [4.69, 9.17) is 0 Å². The van der Waals surface area contributed by atoms with Gasteiger partial charge in [-0.25, -0.2) is 8.78 Å². The van der Waals surface area contributed by atoms with Crippen LogP contribution in [0.4, 0.5) is 8.78 Å². The van der Waals surface area contributed by atoms with Crippen LogP contribution in [0.25, 0.3) is 0 Å². The minimum Gasteiger partial charge on any atom is -0.390 e. The van der Waals surface area contributed by atoms with Gasteiger partial charge in [0, 0.05) is 26.1 Å². The van der Waals surface area contributed by atoms with E-state index in [2.05, 4.69) is 60.6 Å². The predicted octanol–water partition coefficient (Wildman–Crippen LogP) is 4.17. The van der Waals surface area contributed by atoms with E-state index in [0.29, 0.717) is 18.7 Å². The highest BCUT2D eigenvalue weighted by Gasteiger charge is 2.29. The summed E-state index contributed by atoms with van der Waals surface area (Å²) in [6.45, 7) is 9.91. The molecule has 3 rings (SSSR count). The summed E-state index contributed by atoms with van der Waals surface area (Å²) < 4.78 is 27.5. The lowest BCUT2D eigenvalue weighted by molar-refractivity contribution is -0.120. The van der Waals surface area contributed by atoms with E-state index in [-0.39, 0.29) is 23.9 Å². The van der Waals surface area contributed by atoms with Gasteiger partial charge in [-0.1, -0.05) is 45.0 Å². The van der Waals surface area contributed by atoms with Crippen LogP contribution in [0.2, 0.25) is 0 Å². The Morgan fingerprint density at radius 3 is 2.43 bits per heavy atom. The highest BCUT2D eigenvalue weighted by Crippen LogP contribution is 2.23. The average molecular weight is 488 g/mol. The first kappa shape index (κ1) is 27.2. The van der Waals surface area contributed by atoms with Crippen molar-refractivity contribution in [3.63, 3.8) is 0 Å². The predicted molar refractivity (Wildman–Crippen MR) is 135 cm³/mol. The van der Waals surface area contributed by atoms with Crippen molar-refractivity contribution in [1.29, 1.82) is 0 Å². The van der Waals surface area contributed by atoms with Gasteiger partial charge >= 0.3 is 0 Å². The van der Waals surface area contributed by atoms with Gasteiger partial charge in [-0.2, -0.15) is 0 Å². The van der Waals surface area contributed by atoms with Crippen LogP contribution in [0.1, 0.15) is 57.2 Å². The van der Waals surface area contributed by atoms with Gasteiger partial charge in [-0.05, 0) is 66.5 Å². The van der Waals surface area contributed by atoms with Crippen molar-refractivity contribution in [2.24, 2.45) is 5.41 Å². The fourth-order valence-corrected chi connectivity index (χ4v) is 4.86. The molecule has 1 amide bonds. The number of nitrogens with zero attached hydrogens (tertiary/aromatic N) is 1. The number of aliphatic hydroxyl groups excluding tert-OH is 1. The number of amides is 1. The Morgan fingerprint density at radius 2 is 1.83 bits per heavy atom. The van der Waals surface area contributed by atoms with Crippen LogP contribution in [0.15, 0.2) is 42.5 Å². The van der Waals surface area contributed by atoms with E-state index in [1.54, 1.807) is 0 Å². The molecule has 2 aromatic rings. The van der Waals surface area contributed by atoms with E-state index in [9.17, 15) is 18.7 Å². The first-order valence-electron chi connectivity index (χ1n) is 12.4. The molecule has 1 aliphatic rings. The lowest BCUT2D eigenvalue weighted by atomic mass is 9.87. The third kappa shape index (κ3) is 8.98. The zero-order valence-corrected chi connectivity index (χ0v) is 21.3. The maximum absolute atomic E-state index is 13.7. The topological polar surface area (TPSA) is 64.6 Å². The molecule has 0 aromatic heterocycles. The molecule has 1 heterocycles. The van der Waals surface area contributed by atoms with Crippen LogP contribution in [0.3, 0.4) is 0 Å². The second-order valence-corrected chi connectivity index (χ2v) is 11.0. The van der Waals surface area contributed by atoms with Crippen LogP contribution in [0, 0.1) is 17.0 Å². The zero-order valence-electron chi connectivity index (χ0n) is 21.3. The summed E-state index contributed by atoms with van der Waals surface area (Å²) in [5, 5.41) is 17.5. The monoisotopic (exact) mass is 487 g/mol. The molecule has 5 nitrogen and oxygen atoms in total. The fraction of sp³-hybridized carbons (Fsp3) is 0.536. The second-order valence-electron chi connectivity index (χ2n) is 11.0. The number of carbonyl (C=O) groups excluding carboxylic acids is 1. The van der Waals surface area contributed by atoms with Crippen molar-refractivity contribution in [3.05, 3.63) is 70.8 Å². The van der Waals surface area contributed by atoms with Crippen LogP contribution >= 0.6 is 0 Å². The highest BCUT2D eigenvalue weighted by molar-refractivity contribution is 5.73. The van der Waals surface area contributed by atoms with Gasteiger partial charge in [0.15, 0.2) is 0 Å². The Morgan fingerprint density at radius 1 is 1.14 bits per heavy atom. The number of hydrogen-bond donors (Lipinski definition) is 3. The van der Waals surface area contributed by atoms with Gasteiger partial charge < -0.3 is 15.7 Å². The third-order valence-corrected chi connectivity index (χ3v) is 6.24. The minimum absolute atomic E-state index is 0.112. The minimum atomic E-state index is -0.926. The highest BCUT2D eigenvalue weighted by atomic mass is 19.1. The molecular weight excluding hydrogens is 448 g/mol. The second kappa shape index (κ2) is 12.1. The Balaban J connectivity index is 1.77. The Bertz CT molecular complexity index is 966. The van der Waals surface area contributed by atoms with E-state index in [1.807, 2.05) is 0 Å². The van der Waals surface area contributed by atoms with Crippen molar-refractivity contribution in [1.82, 2.24) is 15.5 Å². The molecule has 1 fully saturated rings. The summed E-state index contributed by atoms with van der Waals surface area (Å²) in [6.07, 6.45) is 2.31. The quantitative estimate of drug-likeness (QED) is 0.471. The van der Waals surface area contributed by atoms with Crippen LogP contribution < -0.4 is 10.6 Å². The molecule has 0 bridgehead atoms. The Kier molecular flexibility index (Phi) is 9.39. The van der Waals surface area contributed by atoms with E-state index >= 15 is 0 Å². The number of aliphatic hydroxyl groups is 1. The first-order valence-corrected chi connectivity index (χ1v) is 12.4. The first-order chi connectivity index (χ1) is 16.5. The van der Waals surface area contributed by atoms with Crippen molar-refractivity contribution in [2.45, 2.75) is 78.2 Å². The summed E-state index contributed by atoms with van der Waals surface area (Å²) in [5.41, 5.74) is 3.01. The molecule has 3 N–H and O–H groups in total. The molecule has 0 radical (unpaired) electrons.